The maximum atomic E-state index is 13.9. The minimum atomic E-state index is -4.31. The second-order valence-corrected chi connectivity index (χ2v) is 8.46. The molecule has 1 aromatic carbocycles. The van der Waals surface area contributed by atoms with Crippen LogP contribution in [-0.2, 0) is 21.4 Å². The van der Waals surface area contributed by atoms with E-state index in [0.29, 0.717) is 6.54 Å². The van der Waals surface area contributed by atoms with Crippen molar-refractivity contribution >= 4 is 15.9 Å². The molecule has 1 amide bonds. The Labute approximate surface area is 162 Å². The zero-order valence-corrected chi connectivity index (χ0v) is 16.2. The fraction of sp³-hybridized carbons (Fsp3) is 0.389. The van der Waals surface area contributed by atoms with Crippen LogP contribution in [0.1, 0.15) is 5.76 Å². The number of hydrogen-bond donors (Lipinski definition) is 0. The van der Waals surface area contributed by atoms with Gasteiger partial charge in [-0.2, -0.15) is 4.31 Å². The third-order valence-corrected chi connectivity index (χ3v) is 6.47. The van der Waals surface area contributed by atoms with Gasteiger partial charge in [-0.1, -0.05) is 6.07 Å². The van der Waals surface area contributed by atoms with Crippen LogP contribution in [0.15, 0.2) is 45.9 Å². The van der Waals surface area contributed by atoms with Crippen LogP contribution in [-0.4, -0.2) is 68.2 Å². The minimum absolute atomic E-state index is 0.0241. The van der Waals surface area contributed by atoms with Gasteiger partial charge in [-0.25, -0.2) is 17.2 Å². The number of rotatable bonds is 6. The molecule has 1 fully saturated rings. The van der Waals surface area contributed by atoms with Gasteiger partial charge in [-0.3, -0.25) is 9.69 Å². The van der Waals surface area contributed by atoms with Gasteiger partial charge in [0.2, 0.25) is 15.9 Å². The minimum Gasteiger partial charge on any atom is -0.468 e. The number of sulfonamides is 1. The van der Waals surface area contributed by atoms with E-state index in [2.05, 4.69) is 0 Å². The summed E-state index contributed by atoms with van der Waals surface area (Å²) in [7, 11) is -2.53. The molecule has 0 spiro atoms. The van der Waals surface area contributed by atoms with E-state index in [0.717, 1.165) is 28.3 Å². The molecule has 0 aliphatic carbocycles. The summed E-state index contributed by atoms with van der Waals surface area (Å²) in [5, 5.41) is 0. The first-order valence-corrected chi connectivity index (χ1v) is 10.2. The van der Waals surface area contributed by atoms with Gasteiger partial charge in [0, 0.05) is 26.2 Å². The topological polar surface area (TPSA) is 74.1 Å². The van der Waals surface area contributed by atoms with Gasteiger partial charge in [0.1, 0.15) is 17.4 Å². The van der Waals surface area contributed by atoms with E-state index in [9.17, 15) is 22.0 Å². The zero-order valence-electron chi connectivity index (χ0n) is 15.3. The van der Waals surface area contributed by atoms with Crippen LogP contribution in [0.25, 0.3) is 0 Å². The highest BCUT2D eigenvalue weighted by Gasteiger charge is 2.34. The third-order valence-electron chi connectivity index (χ3n) is 4.52. The summed E-state index contributed by atoms with van der Waals surface area (Å²) in [5.41, 5.74) is 0. The molecule has 1 saturated heterocycles. The molecule has 28 heavy (non-hydrogen) atoms. The van der Waals surface area contributed by atoms with Gasteiger partial charge in [0.15, 0.2) is 4.90 Å². The average Bonchev–Trinajstić information content (AvgIpc) is 3.14. The van der Waals surface area contributed by atoms with Gasteiger partial charge in [0.25, 0.3) is 0 Å². The Morgan fingerprint density at radius 3 is 2.32 bits per heavy atom. The fourth-order valence-corrected chi connectivity index (χ4v) is 4.62. The van der Waals surface area contributed by atoms with Crippen LogP contribution in [0.4, 0.5) is 8.78 Å². The van der Waals surface area contributed by atoms with E-state index in [4.69, 9.17) is 4.42 Å². The largest absolute Gasteiger partial charge is 0.468 e. The van der Waals surface area contributed by atoms with Crippen molar-refractivity contribution in [3.63, 3.8) is 0 Å². The van der Waals surface area contributed by atoms with Crippen molar-refractivity contribution in [2.24, 2.45) is 0 Å². The first kappa shape index (κ1) is 20.4. The van der Waals surface area contributed by atoms with Crippen molar-refractivity contribution in [3.05, 3.63) is 54.0 Å². The average molecular weight is 413 g/mol. The highest BCUT2D eigenvalue weighted by Crippen LogP contribution is 2.23. The van der Waals surface area contributed by atoms with Crippen molar-refractivity contribution in [3.8, 4) is 0 Å². The van der Waals surface area contributed by atoms with Gasteiger partial charge in [-0.15, -0.1) is 0 Å². The van der Waals surface area contributed by atoms with Crippen molar-refractivity contribution in [1.82, 2.24) is 14.1 Å². The monoisotopic (exact) mass is 413 g/mol. The van der Waals surface area contributed by atoms with Gasteiger partial charge in [0.05, 0.1) is 19.4 Å². The molecule has 7 nitrogen and oxygen atoms in total. The smallest absolute Gasteiger partial charge is 0.249 e. The van der Waals surface area contributed by atoms with Crippen LogP contribution in [0, 0.1) is 11.6 Å². The van der Waals surface area contributed by atoms with Gasteiger partial charge in [-0.05, 0) is 31.3 Å². The number of furan rings is 1. The summed E-state index contributed by atoms with van der Waals surface area (Å²) >= 11 is 0. The van der Waals surface area contributed by atoms with E-state index >= 15 is 0 Å². The Hall–Kier alpha value is -2.30. The summed E-state index contributed by atoms with van der Waals surface area (Å²) in [6.45, 7) is 0.883. The number of nitrogens with zero attached hydrogens (tertiary/aromatic N) is 3. The van der Waals surface area contributed by atoms with Crippen molar-refractivity contribution in [2.75, 3.05) is 39.8 Å². The van der Waals surface area contributed by atoms with E-state index in [1.54, 1.807) is 29.2 Å². The molecular weight excluding hydrogens is 392 g/mol. The Balaban J connectivity index is 1.58. The van der Waals surface area contributed by atoms with Crippen LogP contribution >= 0.6 is 0 Å². The van der Waals surface area contributed by atoms with Crippen molar-refractivity contribution in [2.45, 2.75) is 11.4 Å². The normalized spacial score (nSPS) is 15.9. The number of halogens is 2. The number of carbonyl (C=O) groups excluding carboxylic acids is 1. The number of carbonyl (C=O) groups is 1. The summed E-state index contributed by atoms with van der Waals surface area (Å²) in [6, 6.07) is 6.50. The van der Waals surface area contributed by atoms with Gasteiger partial charge < -0.3 is 9.32 Å². The molecule has 0 atom stereocenters. The predicted octanol–water partition coefficient (Wildman–Crippen LogP) is 1.52. The first-order chi connectivity index (χ1) is 13.3. The first-order valence-electron chi connectivity index (χ1n) is 8.72. The predicted molar refractivity (Wildman–Crippen MR) is 96.7 cm³/mol. The maximum Gasteiger partial charge on any atom is 0.249 e. The quantitative estimate of drug-likeness (QED) is 0.718. The lowest BCUT2D eigenvalue weighted by Crippen LogP contribution is -2.52. The molecule has 1 aliphatic heterocycles. The molecule has 2 aromatic rings. The van der Waals surface area contributed by atoms with Crippen molar-refractivity contribution in [1.29, 1.82) is 0 Å². The van der Waals surface area contributed by atoms with E-state index < -0.39 is 26.6 Å². The molecule has 0 unspecified atom stereocenters. The van der Waals surface area contributed by atoms with Crippen LogP contribution in [0.3, 0.4) is 0 Å². The lowest BCUT2D eigenvalue weighted by Gasteiger charge is -2.34. The summed E-state index contributed by atoms with van der Waals surface area (Å²) in [6.07, 6.45) is 1.56. The molecule has 0 bridgehead atoms. The van der Waals surface area contributed by atoms with Crippen LogP contribution in [0.5, 0.6) is 0 Å². The van der Waals surface area contributed by atoms with E-state index in [1.807, 2.05) is 6.07 Å². The summed E-state index contributed by atoms with van der Waals surface area (Å²) in [4.78, 5) is 14.8. The number of hydrogen-bond acceptors (Lipinski definition) is 5. The second-order valence-electron chi connectivity index (χ2n) is 6.59. The number of benzene rings is 1. The Bertz CT molecular complexity index is 906. The molecule has 10 heteroatoms. The molecule has 1 aliphatic rings. The maximum absolute atomic E-state index is 13.9. The third kappa shape index (κ3) is 4.40. The lowest BCUT2D eigenvalue weighted by atomic mass is 10.3. The Kier molecular flexibility index (Phi) is 6.11. The van der Waals surface area contributed by atoms with Crippen molar-refractivity contribution < 1.29 is 26.4 Å². The Morgan fingerprint density at radius 2 is 1.75 bits per heavy atom. The van der Waals surface area contributed by atoms with Crippen LogP contribution < -0.4 is 0 Å². The zero-order chi connectivity index (χ0) is 20.3. The molecule has 3 rings (SSSR count). The molecular formula is C18H21F2N3O4S. The highest BCUT2D eigenvalue weighted by molar-refractivity contribution is 7.89. The summed E-state index contributed by atoms with van der Waals surface area (Å²) < 4.78 is 59.2. The number of likely N-dealkylation sites (N-methyl/N-ethyl adjacent to an activating group) is 1. The highest BCUT2D eigenvalue weighted by atomic mass is 32.2. The fourth-order valence-electron chi connectivity index (χ4n) is 3.09. The number of amides is 1. The van der Waals surface area contributed by atoms with E-state index in [-0.39, 0.29) is 38.6 Å². The van der Waals surface area contributed by atoms with E-state index in [1.165, 1.54) is 0 Å². The van der Waals surface area contributed by atoms with Gasteiger partial charge >= 0.3 is 0 Å². The number of piperazine rings is 1. The standard InChI is InChI=1S/C18H21F2N3O4S/c1-21(12-14-4-3-11-27-14)13-17(24)22-7-9-23(10-8-22)28(25,26)18-15(19)5-2-6-16(18)20/h2-6,11H,7-10,12-13H2,1H3. The SMILES string of the molecule is CN(CC(=O)N1CCN(S(=O)(=O)c2c(F)cccc2F)CC1)Cc1ccco1. The second kappa shape index (κ2) is 8.38. The Morgan fingerprint density at radius 1 is 1.11 bits per heavy atom. The molecule has 1 aromatic heterocycles. The molecule has 0 radical (unpaired) electrons. The van der Waals surface area contributed by atoms with Crippen LogP contribution in [0.2, 0.25) is 0 Å². The lowest BCUT2D eigenvalue weighted by molar-refractivity contribution is -0.133. The molecule has 152 valence electrons. The molecule has 0 saturated carbocycles. The molecule has 0 N–H and O–H groups in total. The molecule has 2 heterocycles. The summed E-state index contributed by atoms with van der Waals surface area (Å²) in [5.74, 6) is -1.67.